The van der Waals surface area contributed by atoms with Gasteiger partial charge in [-0.1, -0.05) is 60.7 Å². The lowest BCUT2D eigenvalue weighted by Gasteiger charge is -2.16. The fourth-order valence-electron chi connectivity index (χ4n) is 4.80. The van der Waals surface area contributed by atoms with E-state index in [-0.39, 0.29) is 12.6 Å². The molecule has 0 saturated carbocycles. The lowest BCUT2D eigenvalue weighted by atomic mass is 10.0. The number of aliphatic hydroxyl groups is 1. The number of aliphatic hydroxyl groups excluding tert-OH is 1. The SMILES string of the molecule is CCOC(=O)c1c(C)n(C)c2ccc(OC[C@@H](O)Cn3cnc(-c4ccccc4)c3-c3ccccc3)cc12. The number of imidazole rings is 1. The third-order valence-corrected chi connectivity index (χ3v) is 6.73. The Morgan fingerprint density at radius 3 is 2.37 bits per heavy atom. The predicted octanol–water partition coefficient (Wildman–Crippen LogP) is 5.63. The zero-order valence-electron chi connectivity index (χ0n) is 21.8. The molecule has 3 aromatic carbocycles. The van der Waals surface area contributed by atoms with Gasteiger partial charge in [0.05, 0.1) is 36.4 Å². The molecule has 7 heteroatoms. The van der Waals surface area contributed by atoms with Crippen molar-refractivity contribution in [1.82, 2.24) is 14.1 Å². The maximum Gasteiger partial charge on any atom is 0.340 e. The molecule has 7 nitrogen and oxygen atoms in total. The lowest BCUT2D eigenvalue weighted by Crippen LogP contribution is -2.23. The summed E-state index contributed by atoms with van der Waals surface area (Å²) in [5.74, 6) is 0.224. The maximum atomic E-state index is 12.6. The second-order valence-electron chi connectivity index (χ2n) is 9.21. The second kappa shape index (κ2) is 10.9. The largest absolute Gasteiger partial charge is 0.491 e. The van der Waals surface area contributed by atoms with Crippen molar-refractivity contribution >= 4 is 16.9 Å². The normalized spacial score (nSPS) is 12.0. The first-order valence-corrected chi connectivity index (χ1v) is 12.7. The molecule has 0 fully saturated rings. The highest BCUT2D eigenvalue weighted by molar-refractivity contribution is 6.06. The van der Waals surface area contributed by atoms with Crippen LogP contribution in [0.5, 0.6) is 5.75 Å². The quantitative estimate of drug-likeness (QED) is 0.261. The van der Waals surface area contributed by atoms with E-state index >= 15 is 0 Å². The van der Waals surface area contributed by atoms with E-state index in [0.29, 0.717) is 24.5 Å². The van der Waals surface area contributed by atoms with Crippen LogP contribution in [-0.4, -0.2) is 44.5 Å². The molecular formula is C31H31N3O4. The van der Waals surface area contributed by atoms with Gasteiger partial charge in [-0.3, -0.25) is 0 Å². The molecule has 0 amide bonds. The van der Waals surface area contributed by atoms with Crippen LogP contribution in [0.1, 0.15) is 23.0 Å². The first-order chi connectivity index (χ1) is 18.5. The van der Waals surface area contributed by atoms with Gasteiger partial charge >= 0.3 is 5.97 Å². The summed E-state index contributed by atoms with van der Waals surface area (Å²) < 4.78 is 15.2. The summed E-state index contributed by atoms with van der Waals surface area (Å²) in [6, 6.07) is 25.7. The summed E-state index contributed by atoms with van der Waals surface area (Å²) in [4.78, 5) is 17.3. The fourth-order valence-corrected chi connectivity index (χ4v) is 4.80. The van der Waals surface area contributed by atoms with Crippen molar-refractivity contribution in [2.24, 2.45) is 7.05 Å². The number of hydrogen-bond acceptors (Lipinski definition) is 5. The maximum absolute atomic E-state index is 12.6. The molecule has 1 atom stereocenters. The minimum Gasteiger partial charge on any atom is -0.491 e. The number of rotatable bonds is 9. The standard InChI is InChI=1S/C31H31N3O4/c1-4-37-31(36)28-21(2)33(3)27-16-15-25(17-26(27)28)38-19-24(35)18-34-20-32-29(22-11-7-5-8-12-22)30(34)23-13-9-6-10-14-23/h5-17,20,24,35H,4,18-19H2,1-3H3/t24-/m0/s1. The Morgan fingerprint density at radius 1 is 1.00 bits per heavy atom. The molecule has 194 valence electrons. The van der Waals surface area contributed by atoms with Crippen molar-refractivity contribution in [1.29, 1.82) is 0 Å². The summed E-state index contributed by atoms with van der Waals surface area (Å²) in [6.45, 7) is 4.39. The first kappa shape index (κ1) is 25.3. The molecule has 5 aromatic rings. The number of fused-ring (bicyclic) bond motifs is 1. The lowest BCUT2D eigenvalue weighted by molar-refractivity contribution is 0.0527. The summed E-state index contributed by atoms with van der Waals surface area (Å²) in [5.41, 5.74) is 6.12. The Morgan fingerprint density at radius 2 is 1.68 bits per heavy atom. The summed E-state index contributed by atoms with van der Waals surface area (Å²) in [7, 11) is 1.92. The highest BCUT2D eigenvalue weighted by Crippen LogP contribution is 2.32. The Hall–Kier alpha value is -4.36. The van der Waals surface area contributed by atoms with Crippen molar-refractivity contribution in [2.75, 3.05) is 13.2 Å². The van der Waals surface area contributed by atoms with Crippen LogP contribution in [0, 0.1) is 6.92 Å². The van der Waals surface area contributed by atoms with E-state index in [1.807, 2.05) is 102 Å². The fraction of sp³-hybridized carbons (Fsp3) is 0.226. The van der Waals surface area contributed by atoms with Crippen LogP contribution in [0.25, 0.3) is 33.4 Å². The van der Waals surface area contributed by atoms with Crippen LogP contribution in [0.15, 0.2) is 85.2 Å². The molecule has 5 rings (SSSR count). The summed E-state index contributed by atoms with van der Waals surface area (Å²) in [5, 5.41) is 11.7. The first-order valence-electron chi connectivity index (χ1n) is 12.7. The average molecular weight is 510 g/mol. The Bertz CT molecular complexity index is 1550. The van der Waals surface area contributed by atoms with Crippen LogP contribution < -0.4 is 4.74 Å². The van der Waals surface area contributed by atoms with Crippen LogP contribution in [0.4, 0.5) is 0 Å². The zero-order valence-corrected chi connectivity index (χ0v) is 21.8. The van der Waals surface area contributed by atoms with Crippen LogP contribution in [-0.2, 0) is 18.3 Å². The monoisotopic (exact) mass is 509 g/mol. The topological polar surface area (TPSA) is 78.5 Å². The van der Waals surface area contributed by atoms with Crippen molar-refractivity contribution in [2.45, 2.75) is 26.5 Å². The molecule has 0 aliphatic heterocycles. The molecule has 0 saturated heterocycles. The molecule has 0 unspecified atom stereocenters. The zero-order chi connectivity index (χ0) is 26.6. The van der Waals surface area contributed by atoms with Crippen LogP contribution in [0.3, 0.4) is 0 Å². The van der Waals surface area contributed by atoms with Gasteiger partial charge in [-0.05, 0) is 32.0 Å². The van der Waals surface area contributed by atoms with Crippen molar-refractivity contribution in [3.63, 3.8) is 0 Å². The van der Waals surface area contributed by atoms with Crippen molar-refractivity contribution < 1.29 is 19.4 Å². The number of nitrogens with zero attached hydrogens (tertiary/aromatic N) is 3. The predicted molar refractivity (Wildman–Crippen MR) is 148 cm³/mol. The smallest absolute Gasteiger partial charge is 0.340 e. The second-order valence-corrected chi connectivity index (χ2v) is 9.21. The van der Waals surface area contributed by atoms with E-state index < -0.39 is 6.10 Å². The highest BCUT2D eigenvalue weighted by Gasteiger charge is 2.21. The van der Waals surface area contributed by atoms with Crippen molar-refractivity contribution in [3.8, 4) is 28.3 Å². The number of carbonyl (C=O) groups excluding carboxylic acids is 1. The molecule has 0 spiro atoms. The number of carbonyl (C=O) groups is 1. The number of aromatic nitrogens is 3. The highest BCUT2D eigenvalue weighted by atomic mass is 16.5. The molecule has 0 bridgehead atoms. The van der Waals surface area contributed by atoms with E-state index in [1.165, 1.54) is 0 Å². The van der Waals surface area contributed by atoms with Gasteiger partial charge in [0, 0.05) is 34.8 Å². The van der Waals surface area contributed by atoms with Gasteiger partial charge in [-0.25, -0.2) is 9.78 Å². The van der Waals surface area contributed by atoms with Gasteiger partial charge in [0.25, 0.3) is 0 Å². The Kier molecular flexibility index (Phi) is 7.29. The van der Waals surface area contributed by atoms with Crippen LogP contribution >= 0.6 is 0 Å². The minimum absolute atomic E-state index is 0.0825. The van der Waals surface area contributed by atoms with Gasteiger partial charge in [0.15, 0.2) is 0 Å². The Labute approximate surface area is 221 Å². The van der Waals surface area contributed by atoms with E-state index in [0.717, 1.165) is 39.1 Å². The molecule has 2 heterocycles. The third kappa shape index (κ3) is 4.93. The van der Waals surface area contributed by atoms with Gasteiger partial charge in [-0.2, -0.15) is 0 Å². The molecule has 0 aliphatic carbocycles. The minimum atomic E-state index is -0.784. The number of ether oxygens (including phenoxy) is 2. The van der Waals surface area contributed by atoms with E-state index in [4.69, 9.17) is 9.47 Å². The number of hydrogen-bond donors (Lipinski definition) is 1. The van der Waals surface area contributed by atoms with Gasteiger partial charge in [0.2, 0.25) is 0 Å². The molecule has 0 radical (unpaired) electrons. The van der Waals surface area contributed by atoms with Gasteiger partial charge < -0.3 is 23.7 Å². The van der Waals surface area contributed by atoms with Crippen molar-refractivity contribution in [3.05, 3.63) is 96.4 Å². The average Bonchev–Trinajstić information content (AvgIpc) is 3.46. The number of esters is 1. The van der Waals surface area contributed by atoms with Crippen LogP contribution in [0.2, 0.25) is 0 Å². The van der Waals surface area contributed by atoms with E-state index in [1.54, 1.807) is 13.3 Å². The van der Waals surface area contributed by atoms with Gasteiger partial charge in [-0.15, -0.1) is 0 Å². The third-order valence-electron chi connectivity index (χ3n) is 6.73. The molecule has 38 heavy (non-hydrogen) atoms. The van der Waals surface area contributed by atoms with E-state index in [9.17, 15) is 9.90 Å². The number of aryl methyl sites for hydroxylation is 1. The molecule has 0 aliphatic rings. The van der Waals surface area contributed by atoms with Gasteiger partial charge in [0.1, 0.15) is 18.5 Å². The Balaban J connectivity index is 1.37. The molecule has 1 N–H and O–H groups in total. The number of benzene rings is 3. The molecular weight excluding hydrogens is 478 g/mol. The summed E-state index contributed by atoms with van der Waals surface area (Å²) in [6.07, 6.45) is 0.978. The van der Waals surface area contributed by atoms with E-state index in [2.05, 4.69) is 4.98 Å². The molecule has 2 aromatic heterocycles. The summed E-state index contributed by atoms with van der Waals surface area (Å²) >= 11 is 0.